The lowest BCUT2D eigenvalue weighted by Crippen LogP contribution is -2.42. The number of aromatic nitrogens is 2. The van der Waals surface area contributed by atoms with Crippen molar-refractivity contribution in [3.05, 3.63) is 39.8 Å². The monoisotopic (exact) mass is 438 g/mol. The number of rotatable bonds is 9. The lowest BCUT2D eigenvalue weighted by atomic mass is 10.2. The number of hydrazone groups is 1. The van der Waals surface area contributed by atoms with E-state index in [4.69, 9.17) is 17.3 Å². The summed E-state index contributed by atoms with van der Waals surface area (Å²) in [6, 6.07) is 4.14. The molecular formula is C18H24ClFN8S. The third-order valence-corrected chi connectivity index (χ3v) is 5.60. The molecule has 2 aromatic heterocycles. The topological polar surface area (TPSA) is 103 Å². The third kappa shape index (κ3) is 5.41. The van der Waals surface area contributed by atoms with Gasteiger partial charge in [-0.2, -0.15) is 0 Å². The quantitative estimate of drug-likeness (QED) is 0.446. The number of hydrogen-bond donors (Lipinski definition) is 4. The SMILES string of the molecule is CCNCCCc1ccc(-c2cnc(N)c(C3=NNNN3C/C(F)=C(\C)Cl)n2)s1. The Hall–Kier alpha value is -2.27. The van der Waals surface area contributed by atoms with Gasteiger partial charge in [-0.1, -0.05) is 18.5 Å². The van der Waals surface area contributed by atoms with Crippen LogP contribution in [0.25, 0.3) is 10.6 Å². The summed E-state index contributed by atoms with van der Waals surface area (Å²) in [7, 11) is 0. The summed E-state index contributed by atoms with van der Waals surface area (Å²) >= 11 is 7.40. The molecule has 0 atom stereocenters. The maximum absolute atomic E-state index is 14.0. The number of amidine groups is 1. The van der Waals surface area contributed by atoms with Crippen LogP contribution >= 0.6 is 22.9 Å². The van der Waals surface area contributed by atoms with Crippen molar-refractivity contribution in [2.45, 2.75) is 26.7 Å². The summed E-state index contributed by atoms with van der Waals surface area (Å²) in [6.45, 7) is 5.44. The normalized spacial score (nSPS) is 14.6. The average molecular weight is 439 g/mol. The smallest absolute Gasteiger partial charge is 0.195 e. The minimum absolute atomic E-state index is 0.0751. The number of nitrogens with two attached hydrogens (primary N) is 1. The van der Waals surface area contributed by atoms with Gasteiger partial charge in [-0.15, -0.1) is 22.0 Å². The molecule has 1 aliphatic rings. The number of halogens is 2. The summed E-state index contributed by atoms with van der Waals surface area (Å²) in [6.07, 6.45) is 3.72. The molecule has 0 saturated heterocycles. The van der Waals surface area contributed by atoms with Gasteiger partial charge in [-0.3, -0.25) is 5.01 Å². The van der Waals surface area contributed by atoms with Crippen LogP contribution in [-0.4, -0.2) is 40.4 Å². The lowest BCUT2D eigenvalue weighted by Gasteiger charge is -2.18. The van der Waals surface area contributed by atoms with Crippen LogP contribution < -0.4 is 22.1 Å². The highest BCUT2D eigenvalue weighted by atomic mass is 35.5. The predicted octanol–water partition coefficient (Wildman–Crippen LogP) is 2.76. The van der Waals surface area contributed by atoms with Gasteiger partial charge in [0.05, 0.1) is 23.3 Å². The van der Waals surface area contributed by atoms with Gasteiger partial charge in [-0.25, -0.2) is 19.9 Å². The number of hydrazine groups is 2. The van der Waals surface area contributed by atoms with Crippen molar-refractivity contribution in [2.75, 3.05) is 25.4 Å². The fourth-order valence-corrected chi connectivity index (χ4v) is 3.75. The van der Waals surface area contributed by atoms with Crippen LogP contribution in [0.5, 0.6) is 0 Å². The molecule has 0 spiro atoms. The maximum Gasteiger partial charge on any atom is 0.195 e. The van der Waals surface area contributed by atoms with Crippen molar-refractivity contribution in [3.8, 4) is 10.6 Å². The molecule has 0 aliphatic carbocycles. The van der Waals surface area contributed by atoms with Crippen LogP contribution in [-0.2, 0) is 6.42 Å². The second kappa shape index (κ2) is 9.97. The van der Waals surface area contributed by atoms with Crippen molar-refractivity contribution < 1.29 is 4.39 Å². The van der Waals surface area contributed by atoms with Gasteiger partial charge in [0.1, 0.15) is 5.83 Å². The van der Waals surface area contributed by atoms with E-state index < -0.39 is 5.83 Å². The zero-order chi connectivity index (χ0) is 20.8. The number of anilines is 1. The first-order chi connectivity index (χ1) is 14.0. The number of hydrogen-bond acceptors (Lipinski definition) is 9. The van der Waals surface area contributed by atoms with E-state index in [2.05, 4.69) is 44.4 Å². The van der Waals surface area contributed by atoms with E-state index in [-0.39, 0.29) is 17.4 Å². The van der Waals surface area contributed by atoms with Gasteiger partial charge in [0, 0.05) is 9.91 Å². The van der Waals surface area contributed by atoms with Gasteiger partial charge in [-0.05, 0) is 45.0 Å². The van der Waals surface area contributed by atoms with Crippen LogP contribution in [0.3, 0.4) is 0 Å². The van der Waals surface area contributed by atoms with Crippen LogP contribution in [0, 0.1) is 0 Å². The Labute approximate surface area is 178 Å². The molecule has 11 heteroatoms. The standard InChI is InChI=1S/C18H24ClFN8S/c1-3-22-8-4-5-12-6-7-15(29-12)14-9-23-17(21)16(24-14)18-25-26-27-28(18)10-13(20)11(2)19/h6-7,9,22,26-27H,3-5,8,10H2,1-2H3,(H2,21,23)/b13-11-. The molecule has 3 heterocycles. The lowest BCUT2D eigenvalue weighted by molar-refractivity contribution is 0.296. The fourth-order valence-electron chi connectivity index (χ4n) is 2.69. The maximum atomic E-state index is 14.0. The second-order valence-electron chi connectivity index (χ2n) is 6.40. The molecule has 0 aromatic carbocycles. The summed E-state index contributed by atoms with van der Waals surface area (Å²) in [5.41, 5.74) is 12.4. The summed E-state index contributed by atoms with van der Waals surface area (Å²) in [5, 5.41) is 8.96. The number of allylic oxidation sites excluding steroid dienone is 1. The average Bonchev–Trinajstić information content (AvgIpc) is 3.35. The molecule has 0 bridgehead atoms. The molecule has 0 fully saturated rings. The molecule has 5 N–H and O–H groups in total. The Balaban J connectivity index is 1.78. The first-order valence-corrected chi connectivity index (χ1v) is 10.5. The first-order valence-electron chi connectivity index (χ1n) is 9.29. The summed E-state index contributed by atoms with van der Waals surface area (Å²) in [5.74, 6) is 0.0588. The second-order valence-corrected chi connectivity index (χ2v) is 8.13. The number of nitrogens with one attached hydrogen (secondary N) is 3. The summed E-state index contributed by atoms with van der Waals surface area (Å²) in [4.78, 5) is 11.2. The zero-order valence-corrected chi connectivity index (χ0v) is 17.9. The Morgan fingerprint density at radius 1 is 1.41 bits per heavy atom. The molecule has 3 rings (SSSR count). The first kappa shape index (κ1) is 21.4. The fraction of sp³-hybridized carbons (Fsp3) is 0.389. The highest BCUT2D eigenvalue weighted by Crippen LogP contribution is 2.28. The van der Waals surface area contributed by atoms with Crippen LogP contribution in [0.1, 0.15) is 30.8 Å². The number of nitrogens with zero attached hydrogens (tertiary/aromatic N) is 4. The van der Waals surface area contributed by atoms with Gasteiger partial charge < -0.3 is 11.1 Å². The molecule has 2 aromatic rings. The van der Waals surface area contributed by atoms with E-state index >= 15 is 0 Å². The number of aryl methyl sites for hydroxylation is 1. The Morgan fingerprint density at radius 2 is 2.24 bits per heavy atom. The zero-order valence-electron chi connectivity index (χ0n) is 16.3. The molecule has 1 aliphatic heterocycles. The van der Waals surface area contributed by atoms with Crippen molar-refractivity contribution in [2.24, 2.45) is 5.10 Å². The molecular weight excluding hydrogens is 415 g/mol. The van der Waals surface area contributed by atoms with Crippen LogP contribution in [0.4, 0.5) is 10.2 Å². The van der Waals surface area contributed by atoms with E-state index in [1.165, 1.54) is 16.8 Å². The summed E-state index contributed by atoms with van der Waals surface area (Å²) < 4.78 is 14.0. The Kier molecular flexibility index (Phi) is 7.37. The molecule has 0 radical (unpaired) electrons. The van der Waals surface area contributed by atoms with Crippen molar-refractivity contribution in [1.29, 1.82) is 0 Å². The Morgan fingerprint density at radius 3 is 3.00 bits per heavy atom. The molecule has 8 nitrogen and oxygen atoms in total. The minimum atomic E-state index is -0.487. The van der Waals surface area contributed by atoms with Crippen LogP contribution in [0.2, 0.25) is 0 Å². The van der Waals surface area contributed by atoms with Crippen LogP contribution in [0.15, 0.2) is 34.3 Å². The van der Waals surface area contributed by atoms with E-state index in [0.29, 0.717) is 17.2 Å². The molecule has 0 unspecified atom stereocenters. The largest absolute Gasteiger partial charge is 0.382 e. The van der Waals surface area contributed by atoms with E-state index in [1.807, 2.05) is 6.07 Å². The van der Waals surface area contributed by atoms with E-state index in [0.717, 1.165) is 30.8 Å². The highest BCUT2D eigenvalue weighted by molar-refractivity contribution is 7.15. The van der Waals surface area contributed by atoms with Gasteiger partial charge in [0.15, 0.2) is 17.3 Å². The van der Waals surface area contributed by atoms with Gasteiger partial charge in [0.25, 0.3) is 0 Å². The van der Waals surface area contributed by atoms with E-state index in [9.17, 15) is 4.39 Å². The Bertz CT molecular complexity index is 909. The number of nitrogen functional groups attached to an aromatic ring is 1. The van der Waals surface area contributed by atoms with E-state index in [1.54, 1.807) is 17.5 Å². The molecule has 0 saturated carbocycles. The predicted molar refractivity (Wildman–Crippen MR) is 116 cm³/mol. The molecule has 0 amide bonds. The van der Waals surface area contributed by atoms with Gasteiger partial charge >= 0.3 is 0 Å². The van der Waals surface area contributed by atoms with Crippen molar-refractivity contribution in [1.82, 2.24) is 31.4 Å². The minimum Gasteiger partial charge on any atom is -0.382 e. The van der Waals surface area contributed by atoms with Crippen molar-refractivity contribution in [3.63, 3.8) is 0 Å². The number of thiophene rings is 1. The molecule has 29 heavy (non-hydrogen) atoms. The van der Waals surface area contributed by atoms with Crippen molar-refractivity contribution >= 4 is 34.6 Å². The highest BCUT2D eigenvalue weighted by Gasteiger charge is 2.25. The molecule has 156 valence electrons. The van der Waals surface area contributed by atoms with Gasteiger partial charge in [0.2, 0.25) is 0 Å². The third-order valence-electron chi connectivity index (χ3n) is 4.23.